The van der Waals surface area contributed by atoms with E-state index < -0.39 is 11.8 Å². The van der Waals surface area contributed by atoms with Gasteiger partial charge in [-0.05, 0) is 17.7 Å². The number of rotatable bonds is 3. The number of ketones is 1. The van der Waals surface area contributed by atoms with Gasteiger partial charge in [0.15, 0.2) is 0 Å². The van der Waals surface area contributed by atoms with Crippen LogP contribution in [0.25, 0.3) is 0 Å². The van der Waals surface area contributed by atoms with Gasteiger partial charge in [-0.1, -0.05) is 33.6 Å². The highest BCUT2D eigenvalue weighted by Crippen LogP contribution is 2.21. The monoisotopic (exact) mass is 276 g/mol. The molecule has 0 aliphatic rings. The molecule has 0 spiro atoms. The third kappa shape index (κ3) is 2.82. The van der Waals surface area contributed by atoms with E-state index in [0.29, 0.717) is 10.6 Å². The van der Waals surface area contributed by atoms with E-state index in [9.17, 15) is 9.59 Å². The van der Waals surface area contributed by atoms with Crippen molar-refractivity contribution in [2.45, 2.75) is 6.42 Å². The number of carbonyl (C=O) groups is 2. The molecule has 0 aliphatic heterocycles. The van der Waals surface area contributed by atoms with Crippen molar-refractivity contribution in [3.63, 3.8) is 0 Å². The second-order valence-electron chi connectivity index (χ2n) is 2.64. The average molecular weight is 278 g/mol. The van der Waals surface area contributed by atoms with E-state index in [0.717, 1.165) is 4.47 Å². The molecule has 3 nitrogen and oxygen atoms in total. The Balaban J connectivity index is 2.87. The molecular formula is C9H6BrClO3. The highest BCUT2D eigenvalue weighted by Gasteiger charge is 2.13. The zero-order chi connectivity index (χ0) is 10.7. The van der Waals surface area contributed by atoms with Crippen LogP contribution in [0, 0.1) is 0 Å². The van der Waals surface area contributed by atoms with Crippen LogP contribution in [0.5, 0.6) is 0 Å². The minimum Gasteiger partial charge on any atom is -0.475 e. The van der Waals surface area contributed by atoms with Crippen molar-refractivity contribution in [3.8, 4) is 0 Å². The molecule has 14 heavy (non-hydrogen) atoms. The molecule has 0 aromatic heterocycles. The van der Waals surface area contributed by atoms with Gasteiger partial charge in [-0.3, -0.25) is 4.79 Å². The van der Waals surface area contributed by atoms with Crippen LogP contribution in [0.2, 0.25) is 5.02 Å². The quantitative estimate of drug-likeness (QED) is 0.863. The normalized spacial score (nSPS) is 9.86. The molecule has 1 aromatic rings. The number of Topliss-reactive ketones (excluding diaryl/α,β-unsaturated/α-hetero) is 1. The Kier molecular flexibility index (Phi) is 3.66. The molecule has 1 aromatic carbocycles. The number of hydrogen-bond acceptors (Lipinski definition) is 2. The highest BCUT2D eigenvalue weighted by atomic mass is 79.9. The van der Waals surface area contributed by atoms with Gasteiger partial charge in [0.05, 0.1) is 0 Å². The summed E-state index contributed by atoms with van der Waals surface area (Å²) in [5, 5.41) is 8.77. The summed E-state index contributed by atoms with van der Waals surface area (Å²) in [6.45, 7) is 0. The molecule has 5 heteroatoms. The van der Waals surface area contributed by atoms with E-state index >= 15 is 0 Å². The molecule has 0 atom stereocenters. The Morgan fingerprint density at radius 1 is 1.43 bits per heavy atom. The molecule has 1 N–H and O–H groups in total. The van der Waals surface area contributed by atoms with Crippen molar-refractivity contribution in [1.29, 1.82) is 0 Å². The smallest absolute Gasteiger partial charge is 0.372 e. The Hall–Kier alpha value is -0.870. The fourth-order valence-corrected chi connectivity index (χ4v) is 1.65. The van der Waals surface area contributed by atoms with Gasteiger partial charge in [-0.15, -0.1) is 0 Å². The molecule has 0 fully saturated rings. The third-order valence-corrected chi connectivity index (χ3v) is 2.45. The van der Waals surface area contributed by atoms with Gasteiger partial charge in [0, 0.05) is 15.9 Å². The number of carbonyl (C=O) groups excluding carboxylic acids is 1. The first-order chi connectivity index (χ1) is 6.50. The van der Waals surface area contributed by atoms with Crippen molar-refractivity contribution in [3.05, 3.63) is 33.3 Å². The second kappa shape index (κ2) is 4.57. The van der Waals surface area contributed by atoms with Gasteiger partial charge < -0.3 is 5.11 Å². The van der Waals surface area contributed by atoms with Gasteiger partial charge in [0.2, 0.25) is 5.78 Å². The van der Waals surface area contributed by atoms with Gasteiger partial charge >= 0.3 is 5.97 Å². The van der Waals surface area contributed by atoms with Gasteiger partial charge in [0.25, 0.3) is 0 Å². The minimum atomic E-state index is -1.44. The van der Waals surface area contributed by atoms with E-state index in [1.807, 2.05) is 0 Å². The second-order valence-corrected chi connectivity index (χ2v) is 3.96. The standard InChI is InChI=1S/C9H6BrClO3/c10-6-2-1-5(7(11)4-6)3-8(12)9(13)14/h1-2,4H,3H2,(H,13,14). The maximum absolute atomic E-state index is 10.9. The largest absolute Gasteiger partial charge is 0.475 e. The Bertz CT molecular complexity index is 390. The average Bonchev–Trinajstić information content (AvgIpc) is 2.09. The van der Waals surface area contributed by atoms with Crippen molar-refractivity contribution in [2.75, 3.05) is 0 Å². The first-order valence-corrected chi connectivity index (χ1v) is 4.88. The summed E-state index contributed by atoms with van der Waals surface area (Å²) >= 11 is 9.01. The maximum Gasteiger partial charge on any atom is 0.372 e. The number of benzene rings is 1. The van der Waals surface area contributed by atoms with Crippen LogP contribution in [0.15, 0.2) is 22.7 Å². The lowest BCUT2D eigenvalue weighted by atomic mass is 10.1. The summed E-state index contributed by atoms with van der Waals surface area (Å²) in [7, 11) is 0. The van der Waals surface area contributed by atoms with Crippen LogP contribution in [-0.4, -0.2) is 16.9 Å². The zero-order valence-corrected chi connectivity index (χ0v) is 9.30. The fourth-order valence-electron chi connectivity index (χ4n) is 0.914. The van der Waals surface area contributed by atoms with Crippen LogP contribution in [0.4, 0.5) is 0 Å². The fraction of sp³-hybridized carbons (Fsp3) is 0.111. The zero-order valence-electron chi connectivity index (χ0n) is 6.96. The van der Waals surface area contributed by atoms with Gasteiger partial charge in [-0.2, -0.15) is 0 Å². The van der Waals surface area contributed by atoms with Crippen LogP contribution in [-0.2, 0) is 16.0 Å². The van der Waals surface area contributed by atoms with Gasteiger partial charge in [0.1, 0.15) is 0 Å². The van der Waals surface area contributed by atoms with E-state index in [-0.39, 0.29) is 6.42 Å². The maximum atomic E-state index is 10.9. The molecule has 0 amide bonds. The number of halogens is 2. The lowest BCUT2D eigenvalue weighted by Crippen LogP contribution is -2.15. The molecule has 74 valence electrons. The molecule has 1 rings (SSSR count). The summed E-state index contributed by atoms with van der Waals surface area (Å²) in [6, 6.07) is 4.94. The summed E-state index contributed by atoms with van der Waals surface area (Å²) < 4.78 is 0.786. The molecule has 0 saturated heterocycles. The predicted molar refractivity (Wildman–Crippen MR) is 55.5 cm³/mol. The summed E-state index contributed by atoms with van der Waals surface area (Å²) in [5.74, 6) is -2.31. The van der Waals surface area contributed by atoms with E-state index in [1.54, 1.807) is 18.2 Å². The number of aliphatic carboxylic acids is 1. The minimum absolute atomic E-state index is 0.179. The molecule has 0 bridgehead atoms. The first-order valence-electron chi connectivity index (χ1n) is 3.70. The molecular weight excluding hydrogens is 271 g/mol. The SMILES string of the molecule is O=C(O)C(=O)Cc1ccc(Br)cc1Cl. The van der Waals surface area contributed by atoms with Crippen molar-refractivity contribution in [1.82, 2.24) is 0 Å². The van der Waals surface area contributed by atoms with Crippen LogP contribution >= 0.6 is 27.5 Å². The van der Waals surface area contributed by atoms with Crippen molar-refractivity contribution in [2.24, 2.45) is 0 Å². The summed E-state index contributed by atoms with van der Waals surface area (Å²) in [4.78, 5) is 21.2. The van der Waals surface area contributed by atoms with E-state index in [2.05, 4.69) is 15.9 Å². The number of hydrogen-bond donors (Lipinski definition) is 1. The molecule has 0 unspecified atom stereocenters. The van der Waals surface area contributed by atoms with Crippen molar-refractivity contribution < 1.29 is 14.7 Å². The highest BCUT2D eigenvalue weighted by molar-refractivity contribution is 9.10. The Morgan fingerprint density at radius 3 is 2.57 bits per heavy atom. The molecule has 0 radical (unpaired) electrons. The van der Waals surface area contributed by atoms with Crippen LogP contribution in [0.3, 0.4) is 0 Å². The Morgan fingerprint density at radius 2 is 2.07 bits per heavy atom. The lowest BCUT2D eigenvalue weighted by Gasteiger charge is -2.01. The summed E-state index contributed by atoms with van der Waals surface area (Å²) in [6.07, 6.45) is -0.179. The predicted octanol–water partition coefficient (Wildman–Crippen LogP) is 2.30. The van der Waals surface area contributed by atoms with Crippen LogP contribution in [0.1, 0.15) is 5.56 Å². The van der Waals surface area contributed by atoms with Crippen LogP contribution < -0.4 is 0 Å². The molecule has 0 saturated carbocycles. The topological polar surface area (TPSA) is 54.4 Å². The van der Waals surface area contributed by atoms with Gasteiger partial charge in [-0.25, -0.2) is 4.79 Å². The lowest BCUT2D eigenvalue weighted by molar-refractivity contribution is -0.148. The Labute approximate surface area is 93.8 Å². The first kappa shape index (κ1) is 11.2. The molecule has 0 aliphatic carbocycles. The third-order valence-electron chi connectivity index (χ3n) is 1.60. The number of carboxylic acid groups (broad SMARTS) is 1. The van der Waals surface area contributed by atoms with Crippen molar-refractivity contribution >= 4 is 39.3 Å². The van der Waals surface area contributed by atoms with E-state index in [4.69, 9.17) is 16.7 Å². The number of carboxylic acids is 1. The van der Waals surface area contributed by atoms with E-state index in [1.165, 1.54) is 0 Å². The summed E-state index contributed by atoms with van der Waals surface area (Å²) in [5.41, 5.74) is 0.516. The molecule has 0 heterocycles.